The zero-order valence-electron chi connectivity index (χ0n) is 10.0. The fourth-order valence-corrected chi connectivity index (χ4v) is 4.62. The SMILES string of the molecule is Clc1[c]c(Cl)c2c(Cl)c3c(Cl)c(Cl)[c]c(Cl)c3c(Cl)c2c1Cl. The summed E-state index contributed by atoms with van der Waals surface area (Å²) in [5.74, 6) is 0. The van der Waals surface area contributed by atoms with Gasteiger partial charge in [-0.2, -0.15) is 0 Å². The summed E-state index contributed by atoms with van der Waals surface area (Å²) in [6, 6.07) is 5.40. The number of benzene rings is 3. The van der Waals surface area contributed by atoms with Crippen LogP contribution in [-0.2, 0) is 0 Å². The maximum Gasteiger partial charge on any atom is 0.0693 e. The molecule has 112 valence electrons. The molecule has 22 heavy (non-hydrogen) atoms. The first-order valence-corrected chi connectivity index (χ1v) is 8.54. The van der Waals surface area contributed by atoms with Crippen LogP contribution < -0.4 is 0 Å². The van der Waals surface area contributed by atoms with Crippen molar-refractivity contribution >= 4 is 114 Å². The van der Waals surface area contributed by atoms with Gasteiger partial charge in [0, 0.05) is 33.7 Å². The molecule has 3 aromatic carbocycles. The third kappa shape index (κ3) is 2.44. The van der Waals surface area contributed by atoms with Gasteiger partial charge in [0.1, 0.15) is 0 Å². The van der Waals surface area contributed by atoms with Gasteiger partial charge >= 0.3 is 0 Å². The predicted octanol–water partition coefficient (Wildman–Crippen LogP) is 8.82. The van der Waals surface area contributed by atoms with Crippen LogP contribution in [0.3, 0.4) is 0 Å². The number of rotatable bonds is 0. The van der Waals surface area contributed by atoms with E-state index in [2.05, 4.69) is 12.1 Å². The lowest BCUT2D eigenvalue weighted by Crippen LogP contribution is -1.89. The fourth-order valence-electron chi connectivity index (χ4n) is 2.16. The van der Waals surface area contributed by atoms with Crippen LogP contribution in [0.15, 0.2) is 0 Å². The molecule has 0 heterocycles. The molecular formula is C14Cl8. The van der Waals surface area contributed by atoms with E-state index in [9.17, 15) is 0 Å². The van der Waals surface area contributed by atoms with Crippen LogP contribution in [0.5, 0.6) is 0 Å². The lowest BCUT2D eigenvalue weighted by atomic mass is 10.0. The highest BCUT2D eigenvalue weighted by molar-refractivity contribution is 6.59. The molecular weight excluding hydrogens is 452 g/mol. The zero-order chi connectivity index (χ0) is 16.3. The number of halogens is 8. The summed E-state index contributed by atoms with van der Waals surface area (Å²) in [4.78, 5) is 0. The smallest absolute Gasteiger partial charge is 0.0693 e. The second-order valence-corrected chi connectivity index (χ2v) is 7.29. The van der Waals surface area contributed by atoms with E-state index in [0.717, 1.165) is 0 Å². The average molecular weight is 452 g/mol. The van der Waals surface area contributed by atoms with Crippen molar-refractivity contribution in [3.05, 3.63) is 52.3 Å². The Morgan fingerprint density at radius 2 is 0.682 bits per heavy atom. The van der Waals surface area contributed by atoms with Gasteiger partial charge in [0.15, 0.2) is 0 Å². The Morgan fingerprint density at radius 1 is 0.364 bits per heavy atom. The normalized spacial score (nSPS) is 11.6. The Bertz CT molecular complexity index is 882. The third-order valence-electron chi connectivity index (χ3n) is 3.08. The van der Waals surface area contributed by atoms with Gasteiger partial charge in [-0.1, -0.05) is 92.8 Å². The second kappa shape index (κ2) is 6.10. The van der Waals surface area contributed by atoms with Crippen molar-refractivity contribution in [2.75, 3.05) is 0 Å². The Balaban J connectivity index is 2.78. The van der Waals surface area contributed by atoms with Crippen molar-refractivity contribution in [2.45, 2.75) is 0 Å². The molecule has 0 saturated heterocycles. The van der Waals surface area contributed by atoms with Gasteiger partial charge in [-0.15, -0.1) is 0 Å². The minimum absolute atomic E-state index is 0.122. The van der Waals surface area contributed by atoms with Crippen LogP contribution in [0, 0.1) is 12.1 Å². The summed E-state index contributed by atoms with van der Waals surface area (Å²) in [5.41, 5.74) is 0. The van der Waals surface area contributed by atoms with Gasteiger partial charge in [0.25, 0.3) is 0 Å². The monoisotopic (exact) mass is 448 g/mol. The standard InChI is InChI=1S/C14Cl8/c15-3-1-5(17)11(19)9-7(3)13(21)10-8(14(9)22)4(16)2-6(18)12(10)20. The summed E-state index contributed by atoms with van der Waals surface area (Å²) in [7, 11) is 0. The highest BCUT2D eigenvalue weighted by atomic mass is 35.5. The molecule has 0 unspecified atom stereocenters. The molecule has 2 radical (unpaired) electrons. The molecule has 0 atom stereocenters. The summed E-state index contributed by atoms with van der Waals surface area (Å²) in [6.07, 6.45) is 0. The number of hydrogen-bond donors (Lipinski definition) is 0. The molecule has 0 N–H and O–H groups in total. The third-order valence-corrected chi connectivity index (χ3v) is 5.92. The van der Waals surface area contributed by atoms with E-state index in [1.807, 2.05) is 0 Å². The maximum atomic E-state index is 6.44. The van der Waals surface area contributed by atoms with E-state index in [0.29, 0.717) is 21.5 Å². The molecule has 0 aliphatic rings. The molecule has 0 aliphatic heterocycles. The molecule has 3 rings (SSSR count). The topological polar surface area (TPSA) is 0 Å². The van der Waals surface area contributed by atoms with Crippen LogP contribution in [-0.4, -0.2) is 0 Å². The summed E-state index contributed by atoms with van der Waals surface area (Å²) in [5, 5.41) is 2.78. The van der Waals surface area contributed by atoms with E-state index in [1.54, 1.807) is 0 Å². The van der Waals surface area contributed by atoms with Crippen molar-refractivity contribution in [3.8, 4) is 0 Å². The molecule has 0 aromatic heterocycles. The lowest BCUT2D eigenvalue weighted by molar-refractivity contribution is 1.73. The van der Waals surface area contributed by atoms with Crippen molar-refractivity contribution in [1.29, 1.82) is 0 Å². The largest absolute Gasteiger partial charge is 0.0829 e. The fraction of sp³-hybridized carbons (Fsp3) is 0. The van der Waals surface area contributed by atoms with Crippen molar-refractivity contribution < 1.29 is 0 Å². The minimum Gasteiger partial charge on any atom is -0.0829 e. The van der Waals surface area contributed by atoms with Crippen LogP contribution in [0.4, 0.5) is 0 Å². The highest BCUT2D eigenvalue weighted by Gasteiger charge is 2.23. The van der Waals surface area contributed by atoms with E-state index in [1.165, 1.54) is 0 Å². The summed E-state index contributed by atoms with van der Waals surface area (Å²) in [6.45, 7) is 0. The first-order chi connectivity index (χ1) is 10.3. The van der Waals surface area contributed by atoms with Gasteiger partial charge in [-0.3, -0.25) is 0 Å². The quantitative estimate of drug-likeness (QED) is 0.236. The highest BCUT2D eigenvalue weighted by Crippen LogP contribution is 2.51. The number of hydrogen-bond acceptors (Lipinski definition) is 0. The molecule has 0 amide bonds. The average Bonchev–Trinajstić information content (AvgIpc) is 2.44. The van der Waals surface area contributed by atoms with Gasteiger partial charge in [0.2, 0.25) is 0 Å². The van der Waals surface area contributed by atoms with Crippen molar-refractivity contribution in [3.63, 3.8) is 0 Å². The molecule has 0 bridgehead atoms. The zero-order valence-corrected chi connectivity index (χ0v) is 16.1. The van der Waals surface area contributed by atoms with Gasteiger partial charge < -0.3 is 0 Å². The van der Waals surface area contributed by atoms with Crippen LogP contribution in [0.1, 0.15) is 0 Å². The van der Waals surface area contributed by atoms with E-state index < -0.39 is 0 Å². The van der Waals surface area contributed by atoms with Crippen molar-refractivity contribution in [1.82, 2.24) is 0 Å². The van der Waals surface area contributed by atoms with E-state index in [4.69, 9.17) is 92.8 Å². The predicted molar refractivity (Wildman–Crippen MR) is 99.2 cm³/mol. The summed E-state index contributed by atoms with van der Waals surface area (Å²) < 4.78 is 0. The molecule has 0 saturated carbocycles. The maximum absolute atomic E-state index is 6.44. The summed E-state index contributed by atoms with van der Waals surface area (Å²) >= 11 is 49.7. The first kappa shape index (κ1) is 17.3. The number of fused-ring (bicyclic) bond motifs is 2. The molecule has 8 heteroatoms. The molecule has 0 aliphatic carbocycles. The van der Waals surface area contributed by atoms with Crippen molar-refractivity contribution in [2.24, 2.45) is 0 Å². The Morgan fingerprint density at radius 3 is 1.00 bits per heavy atom. The Kier molecular flexibility index (Phi) is 4.80. The first-order valence-electron chi connectivity index (χ1n) is 5.51. The van der Waals surface area contributed by atoms with E-state index >= 15 is 0 Å². The Hall–Kier alpha value is 0.500. The van der Waals surface area contributed by atoms with Gasteiger partial charge in [0.05, 0.1) is 40.2 Å². The lowest BCUT2D eigenvalue weighted by Gasteiger charge is -2.15. The Labute approximate surface area is 165 Å². The molecule has 3 aromatic rings. The van der Waals surface area contributed by atoms with Crippen LogP contribution >= 0.6 is 92.8 Å². The van der Waals surface area contributed by atoms with Crippen LogP contribution in [0.2, 0.25) is 40.2 Å². The molecule has 0 nitrogen and oxygen atoms in total. The van der Waals surface area contributed by atoms with Crippen LogP contribution in [0.25, 0.3) is 21.5 Å². The minimum atomic E-state index is 0.122. The molecule has 0 fully saturated rings. The van der Waals surface area contributed by atoms with Gasteiger partial charge in [-0.25, -0.2) is 0 Å². The van der Waals surface area contributed by atoms with Gasteiger partial charge in [-0.05, 0) is 0 Å². The van der Waals surface area contributed by atoms with E-state index in [-0.39, 0.29) is 40.2 Å². The molecule has 0 spiro atoms. The second-order valence-electron chi connectivity index (χ2n) is 4.26.